The Morgan fingerprint density at radius 1 is 1.06 bits per heavy atom. The number of nitrogens with one attached hydrogen (secondary N) is 2. The normalized spacial score (nSPS) is 10.8. The third-order valence-corrected chi connectivity index (χ3v) is 6.38. The predicted octanol–water partition coefficient (Wildman–Crippen LogP) is 5.33. The second kappa shape index (κ2) is 9.25. The van der Waals surface area contributed by atoms with Crippen LogP contribution in [0.5, 0.6) is 0 Å². The zero-order valence-electron chi connectivity index (χ0n) is 18.3. The maximum atomic E-state index is 12.6. The van der Waals surface area contributed by atoms with E-state index in [2.05, 4.69) is 32.6 Å². The first-order chi connectivity index (χ1) is 16.6. The second-order valence-electron chi connectivity index (χ2n) is 7.70. The van der Waals surface area contributed by atoms with E-state index in [1.165, 1.54) is 11.8 Å². The van der Waals surface area contributed by atoms with E-state index in [4.69, 9.17) is 5.26 Å². The zero-order chi connectivity index (χ0) is 23.5. The number of carbonyl (C=O) groups is 1. The number of aromatic amines is 1. The van der Waals surface area contributed by atoms with E-state index in [-0.39, 0.29) is 11.7 Å². The number of amides is 1. The van der Waals surface area contributed by atoms with Crippen molar-refractivity contribution in [2.24, 2.45) is 0 Å². The van der Waals surface area contributed by atoms with Gasteiger partial charge < -0.3 is 10.3 Å². The van der Waals surface area contributed by atoms with Gasteiger partial charge in [-0.2, -0.15) is 5.26 Å². The molecule has 0 bridgehead atoms. The SMILES string of the molecule is Cc1ccccc1-n1c(SCC(=O)Nc2ccc(C#N)cc2)nnc1-c1c[nH]c2ccccc12. The van der Waals surface area contributed by atoms with Gasteiger partial charge in [0.15, 0.2) is 11.0 Å². The maximum Gasteiger partial charge on any atom is 0.234 e. The van der Waals surface area contributed by atoms with Gasteiger partial charge in [-0.25, -0.2) is 0 Å². The van der Waals surface area contributed by atoms with Crippen molar-refractivity contribution < 1.29 is 4.79 Å². The minimum absolute atomic E-state index is 0.164. The number of hydrogen-bond donors (Lipinski definition) is 2. The number of anilines is 1. The summed E-state index contributed by atoms with van der Waals surface area (Å²) < 4.78 is 2.00. The van der Waals surface area contributed by atoms with E-state index in [0.717, 1.165) is 27.7 Å². The number of carbonyl (C=O) groups excluding carboxylic acids is 1. The molecule has 0 atom stereocenters. The quantitative estimate of drug-likeness (QED) is 0.331. The summed E-state index contributed by atoms with van der Waals surface area (Å²) in [6.45, 7) is 2.04. The number of H-pyrrole nitrogens is 1. The molecule has 8 heteroatoms. The molecule has 1 amide bonds. The van der Waals surface area contributed by atoms with Crippen molar-refractivity contribution in [1.82, 2.24) is 19.7 Å². The topological polar surface area (TPSA) is 99.4 Å². The smallest absolute Gasteiger partial charge is 0.234 e. The molecule has 0 aliphatic heterocycles. The van der Waals surface area contributed by atoms with Crippen LogP contribution in [-0.4, -0.2) is 31.4 Å². The van der Waals surface area contributed by atoms with E-state index < -0.39 is 0 Å². The molecular formula is C26H20N6OS. The summed E-state index contributed by atoms with van der Waals surface area (Å²) in [6.07, 6.45) is 1.94. The van der Waals surface area contributed by atoms with Crippen molar-refractivity contribution in [3.8, 4) is 23.1 Å². The molecule has 5 aromatic rings. The van der Waals surface area contributed by atoms with Crippen LogP contribution in [0.25, 0.3) is 28.0 Å². The molecule has 166 valence electrons. The Morgan fingerprint density at radius 3 is 2.62 bits per heavy atom. The molecule has 0 unspecified atom stereocenters. The summed E-state index contributed by atoms with van der Waals surface area (Å²) in [6, 6.07) is 24.9. The number of para-hydroxylation sites is 2. The van der Waals surface area contributed by atoms with E-state index in [9.17, 15) is 4.79 Å². The summed E-state index contributed by atoms with van der Waals surface area (Å²) in [5.41, 5.74) is 5.19. The van der Waals surface area contributed by atoms with Gasteiger partial charge in [0, 0.05) is 28.4 Å². The first-order valence-corrected chi connectivity index (χ1v) is 11.6. The van der Waals surface area contributed by atoms with E-state index in [1.54, 1.807) is 24.3 Å². The highest BCUT2D eigenvalue weighted by Gasteiger charge is 2.20. The molecule has 0 spiro atoms. The van der Waals surface area contributed by atoms with Crippen molar-refractivity contribution in [3.63, 3.8) is 0 Å². The Balaban J connectivity index is 1.46. The number of nitrogens with zero attached hydrogens (tertiary/aromatic N) is 4. The molecule has 5 rings (SSSR count). The molecule has 0 aliphatic rings. The minimum Gasteiger partial charge on any atom is -0.360 e. The Bertz CT molecular complexity index is 1530. The number of nitriles is 1. The van der Waals surface area contributed by atoms with Crippen LogP contribution < -0.4 is 5.32 Å². The van der Waals surface area contributed by atoms with Crippen molar-refractivity contribution in [2.75, 3.05) is 11.1 Å². The fourth-order valence-corrected chi connectivity index (χ4v) is 4.53. The molecule has 2 N–H and O–H groups in total. The van der Waals surface area contributed by atoms with E-state index in [0.29, 0.717) is 22.2 Å². The molecule has 34 heavy (non-hydrogen) atoms. The summed E-state index contributed by atoms with van der Waals surface area (Å²) in [4.78, 5) is 15.9. The average Bonchev–Trinajstić information content (AvgIpc) is 3.47. The Kier molecular flexibility index (Phi) is 5.85. The van der Waals surface area contributed by atoms with Crippen molar-refractivity contribution in [2.45, 2.75) is 12.1 Å². The van der Waals surface area contributed by atoms with E-state index >= 15 is 0 Å². The van der Waals surface area contributed by atoms with Crippen molar-refractivity contribution in [3.05, 3.63) is 90.1 Å². The lowest BCUT2D eigenvalue weighted by atomic mass is 10.1. The molecule has 7 nitrogen and oxygen atoms in total. The van der Waals surface area contributed by atoms with Gasteiger partial charge in [-0.15, -0.1) is 10.2 Å². The highest BCUT2D eigenvalue weighted by molar-refractivity contribution is 7.99. The van der Waals surface area contributed by atoms with Gasteiger partial charge in [-0.3, -0.25) is 9.36 Å². The number of fused-ring (bicyclic) bond motifs is 1. The standard InChI is InChI=1S/C26H20N6OS/c1-17-6-2-5-9-23(17)32-25(21-15-28-22-8-4-3-7-20(21)22)30-31-26(32)34-16-24(33)29-19-12-10-18(14-27)11-13-19/h2-13,15,28H,16H2,1H3,(H,29,33). The lowest BCUT2D eigenvalue weighted by Gasteiger charge is -2.12. The van der Waals surface area contributed by atoms with Crippen LogP contribution in [0.15, 0.2) is 84.1 Å². The second-order valence-corrected chi connectivity index (χ2v) is 8.64. The Hall–Kier alpha value is -4.35. The molecule has 0 radical (unpaired) electrons. The fraction of sp³-hybridized carbons (Fsp3) is 0.0769. The Labute approximate surface area is 200 Å². The largest absolute Gasteiger partial charge is 0.360 e. The number of aromatic nitrogens is 4. The molecule has 0 saturated carbocycles. The van der Waals surface area contributed by atoms with Crippen LogP contribution in [0.3, 0.4) is 0 Å². The van der Waals surface area contributed by atoms with Gasteiger partial charge in [0.05, 0.1) is 23.1 Å². The first-order valence-electron chi connectivity index (χ1n) is 10.6. The maximum absolute atomic E-state index is 12.6. The van der Waals surface area contributed by atoms with Gasteiger partial charge in [-0.05, 0) is 48.9 Å². The summed E-state index contributed by atoms with van der Waals surface area (Å²) >= 11 is 1.32. The number of thioether (sulfide) groups is 1. The summed E-state index contributed by atoms with van der Waals surface area (Å²) in [5, 5.41) is 22.4. The number of rotatable bonds is 6. The third kappa shape index (κ3) is 4.17. The van der Waals surface area contributed by atoms with E-state index in [1.807, 2.05) is 60.2 Å². The van der Waals surface area contributed by atoms with Crippen molar-refractivity contribution >= 4 is 34.3 Å². The third-order valence-electron chi connectivity index (χ3n) is 5.45. The van der Waals surface area contributed by atoms with Crippen LogP contribution in [0, 0.1) is 18.3 Å². The van der Waals surface area contributed by atoms with Crippen LogP contribution in [-0.2, 0) is 4.79 Å². The average molecular weight is 465 g/mol. The number of hydrogen-bond acceptors (Lipinski definition) is 5. The van der Waals surface area contributed by atoms with Crippen molar-refractivity contribution in [1.29, 1.82) is 5.26 Å². The lowest BCUT2D eigenvalue weighted by molar-refractivity contribution is -0.113. The van der Waals surface area contributed by atoms with Crippen LogP contribution in [0.4, 0.5) is 5.69 Å². The fourth-order valence-electron chi connectivity index (χ4n) is 3.78. The number of aryl methyl sites for hydroxylation is 1. The molecule has 2 heterocycles. The molecular weight excluding hydrogens is 444 g/mol. The van der Waals surface area contributed by atoms with Crippen LogP contribution >= 0.6 is 11.8 Å². The predicted molar refractivity (Wildman–Crippen MR) is 134 cm³/mol. The van der Waals surface area contributed by atoms with Crippen LogP contribution in [0.2, 0.25) is 0 Å². The zero-order valence-corrected chi connectivity index (χ0v) is 19.1. The summed E-state index contributed by atoms with van der Waals surface area (Å²) in [7, 11) is 0. The first kappa shape index (κ1) is 21.5. The highest BCUT2D eigenvalue weighted by Crippen LogP contribution is 2.33. The molecule has 0 saturated heterocycles. The monoisotopic (exact) mass is 464 g/mol. The Morgan fingerprint density at radius 2 is 1.82 bits per heavy atom. The number of benzene rings is 3. The van der Waals surface area contributed by atoms with Gasteiger partial charge >= 0.3 is 0 Å². The van der Waals surface area contributed by atoms with Crippen LogP contribution in [0.1, 0.15) is 11.1 Å². The van der Waals surface area contributed by atoms with Gasteiger partial charge in [0.1, 0.15) is 0 Å². The van der Waals surface area contributed by atoms with Gasteiger partial charge in [-0.1, -0.05) is 48.2 Å². The molecule has 0 fully saturated rings. The minimum atomic E-state index is -0.164. The summed E-state index contributed by atoms with van der Waals surface area (Å²) in [5.74, 6) is 0.710. The van der Waals surface area contributed by atoms with Gasteiger partial charge in [0.25, 0.3) is 0 Å². The molecule has 2 aromatic heterocycles. The molecule has 0 aliphatic carbocycles. The van der Waals surface area contributed by atoms with Gasteiger partial charge in [0.2, 0.25) is 5.91 Å². The molecule has 3 aromatic carbocycles. The lowest BCUT2D eigenvalue weighted by Crippen LogP contribution is -2.14. The highest BCUT2D eigenvalue weighted by atomic mass is 32.2.